The van der Waals surface area contributed by atoms with Gasteiger partial charge in [-0.2, -0.15) is 0 Å². The second-order valence-electron chi connectivity index (χ2n) is 5.86. The number of carbonyl (C=O) groups excluding carboxylic acids is 1. The molecule has 0 radical (unpaired) electrons. The Kier molecular flexibility index (Phi) is 4.97. The summed E-state index contributed by atoms with van der Waals surface area (Å²) in [5.41, 5.74) is 2.94. The summed E-state index contributed by atoms with van der Waals surface area (Å²) in [7, 11) is 0. The fourth-order valence-electron chi connectivity index (χ4n) is 3.05. The number of hydrogen-bond acceptors (Lipinski definition) is 2. The molecule has 0 saturated carbocycles. The molecule has 2 aromatic rings. The van der Waals surface area contributed by atoms with E-state index in [9.17, 15) is 9.18 Å². The Hall–Kier alpha value is -1.78. The van der Waals surface area contributed by atoms with Crippen molar-refractivity contribution in [1.29, 1.82) is 0 Å². The van der Waals surface area contributed by atoms with Crippen LogP contribution in [0.25, 0.3) is 0 Å². The lowest BCUT2D eigenvalue weighted by Gasteiger charge is -2.32. The van der Waals surface area contributed by atoms with E-state index in [1.54, 1.807) is 29.2 Å². The number of hydrogen-bond donors (Lipinski definition) is 1. The summed E-state index contributed by atoms with van der Waals surface area (Å²) in [5, 5.41) is 3.47. The van der Waals surface area contributed by atoms with Gasteiger partial charge in [-0.3, -0.25) is 4.79 Å². The van der Waals surface area contributed by atoms with Gasteiger partial charge in [0.25, 0.3) is 0 Å². The average molecular weight is 367 g/mol. The SMILES string of the molecule is Cc1ccc(F)c2c1CCCN2CC(=O)Nc1c(Cl)cccc1Cl. The number of aryl methyl sites for hydroxylation is 1. The number of carbonyl (C=O) groups is 1. The highest BCUT2D eigenvalue weighted by atomic mass is 35.5. The third-order valence-corrected chi connectivity index (χ3v) is 4.83. The number of benzene rings is 2. The molecule has 0 fully saturated rings. The first-order valence-electron chi connectivity index (χ1n) is 7.74. The molecule has 0 atom stereocenters. The predicted octanol–water partition coefficient (Wildman–Crippen LogP) is 4.83. The fraction of sp³-hybridized carbons (Fsp3) is 0.278. The zero-order valence-corrected chi connectivity index (χ0v) is 14.7. The van der Waals surface area contributed by atoms with Gasteiger partial charge in [0.2, 0.25) is 5.91 Å². The molecule has 1 heterocycles. The molecule has 24 heavy (non-hydrogen) atoms. The second-order valence-corrected chi connectivity index (χ2v) is 6.68. The Morgan fingerprint density at radius 2 is 1.96 bits per heavy atom. The summed E-state index contributed by atoms with van der Waals surface area (Å²) in [6.45, 7) is 2.65. The molecule has 0 aromatic heterocycles. The highest BCUT2D eigenvalue weighted by Crippen LogP contribution is 2.33. The van der Waals surface area contributed by atoms with Crippen LogP contribution < -0.4 is 10.2 Å². The second kappa shape index (κ2) is 6.99. The van der Waals surface area contributed by atoms with E-state index in [0.717, 1.165) is 24.0 Å². The number of fused-ring (bicyclic) bond motifs is 1. The van der Waals surface area contributed by atoms with Crippen molar-refractivity contribution in [3.05, 3.63) is 57.3 Å². The number of anilines is 2. The molecule has 0 aliphatic carbocycles. The standard InChI is InChI=1S/C18H17Cl2FN2O/c1-11-7-8-15(21)18-12(11)4-3-9-23(18)10-16(24)22-17-13(19)5-2-6-14(17)20/h2,5-8H,3-4,9-10H2,1H3,(H,22,24). The molecule has 1 amide bonds. The van der Waals surface area contributed by atoms with Gasteiger partial charge in [0.15, 0.2) is 0 Å². The van der Waals surface area contributed by atoms with E-state index in [1.807, 2.05) is 6.92 Å². The molecule has 2 aromatic carbocycles. The van der Waals surface area contributed by atoms with E-state index in [1.165, 1.54) is 6.07 Å². The third-order valence-electron chi connectivity index (χ3n) is 4.20. The molecule has 0 spiro atoms. The van der Waals surface area contributed by atoms with Crippen LogP contribution in [-0.2, 0) is 11.2 Å². The predicted molar refractivity (Wildman–Crippen MR) is 96.8 cm³/mol. The summed E-state index contributed by atoms with van der Waals surface area (Å²) >= 11 is 12.1. The molecule has 3 rings (SSSR count). The molecular formula is C18H17Cl2FN2O. The quantitative estimate of drug-likeness (QED) is 0.843. The van der Waals surface area contributed by atoms with Crippen molar-refractivity contribution in [3.63, 3.8) is 0 Å². The van der Waals surface area contributed by atoms with Crippen molar-refractivity contribution in [1.82, 2.24) is 0 Å². The van der Waals surface area contributed by atoms with E-state index in [-0.39, 0.29) is 18.3 Å². The molecule has 126 valence electrons. The van der Waals surface area contributed by atoms with E-state index in [4.69, 9.17) is 23.2 Å². The van der Waals surface area contributed by atoms with Crippen LogP contribution in [0.4, 0.5) is 15.8 Å². The monoisotopic (exact) mass is 366 g/mol. The lowest BCUT2D eigenvalue weighted by Crippen LogP contribution is -2.37. The molecule has 1 N–H and O–H groups in total. The van der Waals surface area contributed by atoms with E-state index in [0.29, 0.717) is 28.0 Å². The first-order chi connectivity index (χ1) is 11.5. The number of amides is 1. The van der Waals surface area contributed by atoms with Crippen molar-refractivity contribution < 1.29 is 9.18 Å². The molecule has 0 bridgehead atoms. The maximum absolute atomic E-state index is 14.3. The molecule has 1 aliphatic rings. The van der Waals surface area contributed by atoms with Crippen LogP contribution in [0.3, 0.4) is 0 Å². The number of rotatable bonds is 3. The van der Waals surface area contributed by atoms with Gasteiger partial charge in [-0.1, -0.05) is 35.3 Å². The number of halogens is 3. The molecule has 0 saturated heterocycles. The highest BCUT2D eigenvalue weighted by molar-refractivity contribution is 6.39. The lowest BCUT2D eigenvalue weighted by molar-refractivity contribution is -0.115. The van der Waals surface area contributed by atoms with Crippen molar-refractivity contribution in [2.45, 2.75) is 19.8 Å². The molecule has 0 unspecified atom stereocenters. The summed E-state index contributed by atoms with van der Waals surface area (Å²) in [5.74, 6) is -0.572. The van der Waals surface area contributed by atoms with Gasteiger partial charge in [0, 0.05) is 6.54 Å². The molecule has 6 heteroatoms. The van der Waals surface area contributed by atoms with Crippen LogP contribution in [0.5, 0.6) is 0 Å². The van der Waals surface area contributed by atoms with Crippen LogP contribution >= 0.6 is 23.2 Å². The Morgan fingerprint density at radius 3 is 2.67 bits per heavy atom. The zero-order valence-electron chi connectivity index (χ0n) is 13.2. The number of nitrogens with one attached hydrogen (secondary N) is 1. The zero-order chi connectivity index (χ0) is 17.3. The van der Waals surface area contributed by atoms with Gasteiger partial charge < -0.3 is 10.2 Å². The van der Waals surface area contributed by atoms with Gasteiger partial charge in [0.1, 0.15) is 5.82 Å². The summed E-state index contributed by atoms with van der Waals surface area (Å²) < 4.78 is 14.3. The Bertz CT molecular complexity index is 775. The Labute approximate surface area is 150 Å². The van der Waals surface area contributed by atoms with Gasteiger partial charge in [-0.15, -0.1) is 0 Å². The van der Waals surface area contributed by atoms with E-state index < -0.39 is 0 Å². The summed E-state index contributed by atoms with van der Waals surface area (Å²) in [4.78, 5) is 14.2. The molecule has 1 aliphatic heterocycles. The van der Waals surface area contributed by atoms with E-state index >= 15 is 0 Å². The Morgan fingerprint density at radius 1 is 1.25 bits per heavy atom. The van der Waals surface area contributed by atoms with Crippen LogP contribution in [0.1, 0.15) is 17.5 Å². The largest absolute Gasteiger partial charge is 0.360 e. The van der Waals surface area contributed by atoms with Crippen LogP contribution in [0.15, 0.2) is 30.3 Å². The van der Waals surface area contributed by atoms with E-state index in [2.05, 4.69) is 5.32 Å². The number of nitrogens with zero attached hydrogens (tertiary/aromatic N) is 1. The minimum Gasteiger partial charge on any atom is -0.360 e. The topological polar surface area (TPSA) is 32.3 Å². The first-order valence-corrected chi connectivity index (χ1v) is 8.49. The van der Waals surface area contributed by atoms with Crippen molar-refractivity contribution in [2.24, 2.45) is 0 Å². The minimum absolute atomic E-state index is 0.0505. The molecule has 3 nitrogen and oxygen atoms in total. The van der Waals surface area contributed by atoms with Crippen LogP contribution in [-0.4, -0.2) is 19.0 Å². The van der Waals surface area contributed by atoms with Gasteiger partial charge in [-0.25, -0.2) is 4.39 Å². The van der Waals surface area contributed by atoms with Crippen LogP contribution in [0, 0.1) is 12.7 Å². The van der Waals surface area contributed by atoms with Gasteiger partial charge in [0.05, 0.1) is 28.0 Å². The van der Waals surface area contributed by atoms with Crippen molar-refractivity contribution in [2.75, 3.05) is 23.3 Å². The maximum atomic E-state index is 14.3. The van der Waals surface area contributed by atoms with Crippen LogP contribution in [0.2, 0.25) is 10.0 Å². The first kappa shape index (κ1) is 17.1. The highest BCUT2D eigenvalue weighted by Gasteiger charge is 2.24. The summed E-state index contributed by atoms with van der Waals surface area (Å²) in [6.07, 6.45) is 1.71. The molecular weight excluding hydrogens is 350 g/mol. The fourth-order valence-corrected chi connectivity index (χ4v) is 3.54. The van der Waals surface area contributed by atoms with Gasteiger partial charge >= 0.3 is 0 Å². The average Bonchev–Trinajstić information content (AvgIpc) is 2.55. The number of para-hydroxylation sites is 1. The smallest absolute Gasteiger partial charge is 0.243 e. The Balaban J connectivity index is 1.81. The normalized spacial score (nSPS) is 13.6. The summed E-state index contributed by atoms with van der Waals surface area (Å²) in [6, 6.07) is 8.25. The minimum atomic E-state index is -0.293. The van der Waals surface area contributed by atoms with Crippen molar-refractivity contribution >= 4 is 40.5 Å². The lowest BCUT2D eigenvalue weighted by atomic mass is 9.96. The maximum Gasteiger partial charge on any atom is 0.243 e. The van der Waals surface area contributed by atoms with Gasteiger partial charge in [-0.05, 0) is 49.1 Å². The van der Waals surface area contributed by atoms with Crippen molar-refractivity contribution in [3.8, 4) is 0 Å². The third kappa shape index (κ3) is 3.35.